The molecule has 74 valence electrons. The van der Waals surface area contributed by atoms with Gasteiger partial charge in [-0.05, 0) is 19.1 Å². The first-order valence-corrected chi connectivity index (χ1v) is 5.35. The summed E-state index contributed by atoms with van der Waals surface area (Å²) in [5.74, 6) is 0.775. The van der Waals surface area contributed by atoms with Crippen molar-refractivity contribution in [2.45, 2.75) is 13.0 Å². The third-order valence-electron chi connectivity index (χ3n) is 2.00. The molecule has 2 aromatic rings. The maximum Gasteiger partial charge on any atom is 0.155 e. The molecule has 0 bridgehead atoms. The molecule has 0 amide bonds. The first-order chi connectivity index (χ1) is 6.59. The second-order valence-corrected chi connectivity index (χ2v) is 4.42. The van der Waals surface area contributed by atoms with Crippen molar-refractivity contribution >= 4 is 33.0 Å². The van der Waals surface area contributed by atoms with Gasteiger partial charge < -0.3 is 10.1 Å². The number of hydrogen-bond donors (Lipinski definition) is 1. The second-order valence-electron chi connectivity index (χ2n) is 3.15. The number of pyridine rings is 1. The Morgan fingerprint density at radius 1 is 1.64 bits per heavy atom. The molecule has 1 unspecified atom stereocenters. The molecule has 0 saturated heterocycles. The van der Waals surface area contributed by atoms with Crippen LogP contribution in [0.4, 0.5) is 0 Å². The minimum absolute atomic E-state index is 0.129. The van der Waals surface area contributed by atoms with Crippen molar-refractivity contribution in [3.63, 3.8) is 0 Å². The Hall–Kier alpha value is -0.580. The van der Waals surface area contributed by atoms with Crippen LogP contribution in [0.15, 0.2) is 22.8 Å². The summed E-state index contributed by atoms with van der Waals surface area (Å²) in [5, 5.41) is 0.485. The van der Waals surface area contributed by atoms with E-state index in [0.717, 1.165) is 15.8 Å². The topological polar surface area (TPSA) is 43.3 Å². The molecule has 5 heteroatoms. The molecule has 2 aromatic heterocycles. The van der Waals surface area contributed by atoms with Gasteiger partial charge in [-0.1, -0.05) is 27.5 Å². The third kappa shape index (κ3) is 1.54. The standard InChI is InChI=1S/C9H9BrClN3/c1-5(12)9-13-8(11)7-4-6(10)2-3-14(7)9/h2-5H,12H2,1H3. The van der Waals surface area contributed by atoms with Crippen LogP contribution in [-0.2, 0) is 0 Å². The normalized spacial score (nSPS) is 13.4. The van der Waals surface area contributed by atoms with Crippen LogP contribution >= 0.6 is 27.5 Å². The van der Waals surface area contributed by atoms with E-state index in [1.165, 1.54) is 0 Å². The first kappa shape index (κ1) is 9.96. The molecular formula is C9H9BrClN3. The molecule has 0 aromatic carbocycles. The van der Waals surface area contributed by atoms with Crippen LogP contribution in [0.25, 0.3) is 5.52 Å². The van der Waals surface area contributed by atoms with Crippen molar-refractivity contribution in [2.24, 2.45) is 5.73 Å². The monoisotopic (exact) mass is 273 g/mol. The van der Waals surface area contributed by atoms with E-state index in [1.54, 1.807) is 0 Å². The maximum atomic E-state index is 5.99. The summed E-state index contributed by atoms with van der Waals surface area (Å²) in [5.41, 5.74) is 6.65. The quantitative estimate of drug-likeness (QED) is 0.869. The van der Waals surface area contributed by atoms with Gasteiger partial charge in [-0.2, -0.15) is 0 Å². The van der Waals surface area contributed by atoms with Crippen molar-refractivity contribution in [2.75, 3.05) is 0 Å². The summed E-state index contributed by atoms with van der Waals surface area (Å²) in [6, 6.07) is 3.72. The number of imidazole rings is 1. The second kappa shape index (κ2) is 3.53. The Balaban J connectivity index is 2.77. The van der Waals surface area contributed by atoms with E-state index in [9.17, 15) is 0 Å². The molecule has 14 heavy (non-hydrogen) atoms. The van der Waals surface area contributed by atoms with E-state index in [4.69, 9.17) is 17.3 Å². The molecule has 2 heterocycles. The third-order valence-corrected chi connectivity index (χ3v) is 2.77. The van der Waals surface area contributed by atoms with Crippen LogP contribution in [0, 0.1) is 0 Å². The lowest BCUT2D eigenvalue weighted by atomic mass is 10.3. The highest BCUT2D eigenvalue weighted by molar-refractivity contribution is 9.10. The number of rotatable bonds is 1. The molecule has 0 saturated carbocycles. The Morgan fingerprint density at radius 2 is 2.36 bits per heavy atom. The van der Waals surface area contributed by atoms with Crippen molar-refractivity contribution in [1.82, 2.24) is 9.38 Å². The summed E-state index contributed by atoms with van der Waals surface area (Å²) in [4.78, 5) is 4.21. The Bertz CT molecular complexity index is 478. The molecule has 0 aliphatic carbocycles. The first-order valence-electron chi connectivity index (χ1n) is 4.18. The number of halogens is 2. The SMILES string of the molecule is CC(N)c1nc(Cl)c2cc(Br)ccn12. The van der Waals surface area contributed by atoms with Crippen molar-refractivity contribution in [1.29, 1.82) is 0 Å². The van der Waals surface area contributed by atoms with Gasteiger partial charge in [-0.15, -0.1) is 0 Å². The number of nitrogens with zero attached hydrogens (tertiary/aromatic N) is 2. The van der Waals surface area contributed by atoms with Gasteiger partial charge in [0.15, 0.2) is 5.15 Å². The van der Waals surface area contributed by atoms with Gasteiger partial charge in [0.1, 0.15) is 5.82 Å². The summed E-state index contributed by atoms with van der Waals surface area (Å²) in [6.07, 6.45) is 1.90. The zero-order chi connectivity index (χ0) is 10.3. The van der Waals surface area contributed by atoms with E-state index < -0.39 is 0 Å². The van der Waals surface area contributed by atoms with Crippen LogP contribution in [0.1, 0.15) is 18.8 Å². The lowest BCUT2D eigenvalue weighted by molar-refractivity contribution is 0.736. The van der Waals surface area contributed by atoms with E-state index in [1.807, 2.05) is 29.7 Å². The van der Waals surface area contributed by atoms with Crippen LogP contribution in [0.5, 0.6) is 0 Å². The number of hydrogen-bond acceptors (Lipinski definition) is 2. The predicted octanol–water partition coefficient (Wildman–Crippen LogP) is 2.77. The molecule has 0 fully saturated rings. The van der Waals surface area contributed by atoms with Crippen LogP contribution < -0.4 is 5.73 Å². The fourth-order valence-electron chi connectivity index (χ4n) is 1.37. The van der Waals surface area contributed by atoms with Crippen molar-refractivity contribution < 1.29 is 0 Å². The van der Waals surface area contributed by atoms with Gasteiger partial charge >= 0.3 is 0 Å². The number of fused-ring (bicyclic) bond motifs is 1. The number of aromatic nitrogens is 2. The summed E-state index contributed by atoms with van der Waals surface area (Å²) in [6.45, 7) is 1.88. The molecule has 2 N–H and O–H groups in total. The highest BCUT2D eigenvalue weighted by Gasteiger charge is 2.12. The molecule has 2 rings (SSSR count). The van der Waals surface area contributed by atoms with Gasteiger partial charge in [-0.3, -0.25) is 0 Å². The minimum Gasteiger partial charge on any atom is -0.322 e. The molecule has 0 radical (unpaired) electrons. The zero-order valence-corrected chi connectivity index (χ0v) is 9.88. The summed E-state index contributed by atoms with van der Waals surface area (Å²) in [7, 11) is 0. The predicted molar refractivity (Wildman–Crippen MR) is 60.5 cm³/mol. The molecule has 3 nitrogen and oxygen atoms in total. The van der Waals surface area contributed by atoms with Crippen LogP contribution in [-0.4, -0.2) is 9.38 Å². The molecule has 1 atom stereocenters. The smallest absolute Gasteiger partial charge is 0.155 e. The van der Waals surface area contributed by atoms with Gasteiger partial charge in [0.05, 0.1) is 11.6 Å². The van der Waals surface area contributed by atoms with Crippen molar-refractivity contribution in [3.8, 4) is 0 Å². The van der Waals surface area contributed by atoms with E-state index in [0.29, 0.717) is 5.15 Å². The average molecular weight is 275 g/mol. The fraction of sp³-hybridized carbons (Fsp3) is 0.222. The van der Waals surface area contributed by atoms with Gasteiger partial charge in [0.2, 0.25) is 0 Å². The van der Waals surface area contributed by atoms with Crippen LogP contribution in [0.2, 0.25) is 5.15 Å². The summed E-state index contributed by atoms with van der Waals surface area (Å²) >= 11 is 9.37. The van der Waals surface area contributed by atoms with E-state index >= 15 is 0 Å². The highest BCUT2D eigenvalue weighted by atomic mass is 79.9. The molecular weight excluding hydrogens is 265 g/mol. The highest BCUT2D eigenvalue weighted by Crippen LogP contribution is 2.23. The Labute approximate surface area is 95.0 Å². The van der Waals surface area contributed by atoms with E-state index in [-0.39, 0.29) is 6.04 Å². The lowest BCUT2D eigenvalue weighted by Crippen LogP contribution is -2.09. The van der Waals surface area contributed by atoms with E-state index in [2.05, 4.69) is 20.9 Å². The lowest BCUT2D eigenvalue weighted by Gasteiger charge is -2.03. The Morgan fingerprint density at radius 3 is 3.00 bits per heavy atom. The largest absolute Gasteiger partial charge is 0.322 e. The zero-order valence-electron chi connectivity index (χ0n) is 7.54. The average Bonchev–Trinajstić information content (AvgIpc) is 2.44. The summed E-state index contributed by atoms with van der Waals surface area (Å²) < 4.78 is 2.88. The molecule has 0 aliphatic heterocycles. The Kier molecular flexibility index (Phi) is 2.51. The van der Waals surface area contributed by atoms with Gasteiger partial charge in [0, 0.05) is 10.7 Å². The molecule has 0 spiro atoms. The van der Waals surface area contributed by atoms with Gasteiger partial charge in [-0.25, -0.2) is 4.98 Å². The molecule has 0 aliphatic rings. The fourth-order valence-corrected chi connectivity index (χ4v) is 1.93. The maximum absolute atomic E-state index is 5.99. The van der Waals surface area contributed by atoms with Crippen molar-refractivity contribution in [3.05, 3.63) is 33.8 Å². The minimum atomic E-state index is -0.129. The van der Waals surface area contributed by atoms with Crippen LogP contribution in [0.3, 0.4) is 0 Å². The van der Waals surface area contributed by atoms with Gasteiger partial charge in [0.25, 0.3) is 0 Å². The number of nitrogens with two attached hydrogens (primary N) is 1.